The Morgan fingerprint density at radius 2 is 1.96 bits per heavy atom. The molecular formula is C18H18N4O2S. The van der Waals surface area contributed by atoms with E-state index in [4.69, 9.17) is 5.73 Å². The molecule has 0 bridgehead atoms. The van der Waals surface area contributed by atoms with Gasteiger partial charge < -0.3 is 10.8 Å². The number of phenolic OH excluding ortho intramolecular Hbond substituents is 1. The zero-order chi connectivity index (χ0) is 18.0. The monoisotopic (exact) mass is 354 g/mol. The molecule has 6 nitrogen and oxygen atoms in total. The zero-order valence-corrected chi connectivity index (χ0v) is 14.7. The molecule has 3 rings (SSSR count). The third kappa shape index (κ3) is 3.51. The van der Waals surface area contributed by atoms with Crippen LogP contribution in [-0.2, 0) is 4.79 Å². The molecule has 25 heavy (non-hydrogen) atoms. The lowest BCUT2D eigenvalue weighted by Crippen LogP contribution is -2.14. The van der Waals surface area contributed by atoms with Gasteiger partial charge in [-0.25, -0.2) is 0 Å². The number of para-hydroxylation sites is 1. The summed E-state index contributed by atoms with van der Waals surface area (Å²) in [5.74, 6) is 0.303. The van der Waals surface area contributed by atoms with Gasteiger partial charge in [0, 0.05) is 0 Å². The maximum Gasteiger partial charge on any atom is 0.227 e. The van der Waals surface area contributed by atoms with E-state index in [1.165, 1.54) is 11.8 Å². The molecule has 2 aromatic carbocycles. The Hall–Kier alpha value is -2.80. The van der Waals surface area contributed by atoms with Crippen molar-refractivity contribution >= 4 is 17.7 Å². The molecule has 0 saturated heterocycles. The smallest absolute Gasteiger partial charge is 0.227 e. The number of aromatic nitrogens is 3. The number of nitrogens with two attached hydrogens (primary N) is 1. The van der Waals surface area contributed by atoms with Crippen LogP contribution in [0, 0.1) is 13.8 Å². The molecular weight excluding hydrogens is 336 g/mol. The van der Waals surface area contributed by atoms with Crippen LogP contribution in [0.4, 0.5) is 0 Å². The average molecular weight is 354 g/mol. The van der Waals surface area contributed by atoms with Crippen molar-refractivity contribution in [1.82, 2.24) is 14.8 Å². The number of primary amides is 1. The van der Waals surface area contributed by atoms with Gasteiger partial charge >= 0.3 is 0 Å². The average Bonchev–Trinajstić information content (AvgIpc) is 2.97. The third-order valence-corrected chi connectivity index (χ3v) is 4.67. The predicted octanol–water partition coefficient (Wildman–Crippen LogP) is 2.83. The fraction of sp³-hybridized carbons (Fsp3) is 0.167. The Morgan fingerprint density at radius 1 is 1.20 bits per heavy atom. The van der Waals surface area contributed by atoms with E-state index in [1.54, 1.807) is 18.2 Å². The van der Waals surface area contributed by atoms with Gasteiger partial charge in [-0.15, -0.1) is 10.2 Å². The van der Waals surface area contributed by atoms with Crippen LogP contribution in [0.2, 0.25) is 0 Å². The van der Waals surface area contributed by atoms with Crippen LogP contribution in [0.25, 0.3) is 17.1 Å². The fourth-order valence-corrected chi connectivity index (χ4v) is 3.29. The standard InChI is InChI=1S/C18H18N4O2S/c1-11-7-8-14(12(2)9-11)22-17(13-5-3-4-6-15(13)23)20-21-18(22)25-10-16(19)24/h3-9,23H,10H2,1-2H3,(H2,19,24). The minimum Gasteiger partial charge on any atom is -0.507 e. The van der Waals surface area contributed by atoms with E-state index in [1.807, 2.05) is 36.6 Å². The largest absolute Gasteiger partial charge is 0.507 e. The van der Waals surface area contributed by atoms with E-state index in [0.717, 1.165) is 16.8 Å². The summed E-state index contributed by atoms with van der Waals surface area (Å²) in [5, 5.41) is 19.2. The first-order valence-corrected chi connectivity index (χ1v) is 8.68. The lowest BCUT2D eigenvalue weighted by molar-refractivity contribution is -0.115. The second-order valence-electron chi connectivity index (χ2n) is 5.70. The summed E-state index contributed by atoms with van der Waals surface area (Å²) in [6, 6.07) is 13.0. The molecule has 0 aliphatic carbocycles. The summed E-state index contributed by atoms with van der Waals surface area (Å²) in [6.45, 7) is 4.02. The van der Waals surface area contributed by atoms with Gasteiger partial charge in [-0.3, -0.25) is 9.36 Å². The molecule has 0 radical (unpaired) electrons. The zero-order valence-electron chi connectivity index (χ0n) is 13.9. The number of amides is 1. The SMILES string of the molecule is Cc1ccc(-n2c(SCC(N)=O)nnc2-c2ccccc2O)c(C)c1. The van der Waals surface area contributed by atoms with Crippen molar-refractivity contribution in [3.63, 3.8) is 0 Å². The number of carbonyl (C=O) groups is 1. The number of aryl methyl sites for hydroxylation is 2. The minimum absolute atomic E-state index is 0.101. The summed E-state index contributed by atoms with van der Waals surface area (Å²) >= 11 is 1.22. The van der Waals surface area contributed by atoms with Gasteiger partial charge in [0.2, 0.25) is 5.91 Å². The van der Waals surface area contributed by atoms with Crippen LogP contribution in [0.1, 0.15) is 11.1 Å². The molecule has 0 saturated carbocycles. The molecule has 1 amide bonds. The summed E-state index contributed by atoms with van der Waals surface area (Å²) in [5.41, 5.74) is 8.91. The fourth-order valence-electron chi connectivity index (χ4n) is 2.61. The highest BCUT2D eigenvalue weighted by molar-refractivity contribution is 7.99. The van der Waals surface area contributed by atoms with Crippen molar-refractivity contribution in [1.29, 1.82) is 0 Å². The lowest BCUT2D eigenvalue weighted by atomic mass is 10.1. The number of rotatable bonds is 5. The molecule has 0 aliphatic heterocycles. The lowest BCUT2D eigenvalue weighted by Gasteiger charge is -2.14. The van der Waals surface area contributed by atoms with E-state index < -0.39 is 5.91 Å². The van der Waals surface area contributed by atoms with Gasteiger partial charge in [-0.05, 0) is 37.6 Å². The van der Waals surface area contributed by atoms with Crippen LogP contribution in [-0.4, -0.2) is 31.5 Å². The molecule has 3 aromatic rings. The Kier molecular flexibility index (Phi) is 4.76. The molecule has 0 spiro atoms. The van der Waals surface area contributed by atoms with Crippen LogP contribution >= 0.6 is 11.8 Å². The number of nitrogens with zero attached hydrogens (tertiary/aromatic N) is 3. The first-order valence-electron chi connectivity index (χ1n) is 7.70. The quantitative estimate of drug-likeness (QED) is 0.687. The topological polar surface area (TPSA) is 94.0 Å². The van der Waals surface area contributed by atoms with E-state index in [0.29, 0.717) is 16.5 Å². The Labute approximate surface area is 149 Å². The van der Waals surface area contributed by atoms with Crippen LogP contribution in [0.15, 0.2) is 47.6 Å². The number of benzene rings is 2. The van der Waals surface area contributed by atoms with Crippen LogP contribution < -0.4 is 5.73 Å². The molecule has 1 heterocycles. The van der Waals surface area contributed by atoms with Gasteiger partial charge in [0.05, 0.1) is 17.0 Å². The maximum absolute atomic E-state index is 11.2. The highest BCUT2D eigenvalue weighted by atomic mass is 32.2. The highest BCUT2D eigenvalue weighted by Gasteiger charge is 2.20. The Balaban J connectivity index is 2.20. The van der Waals surface area contributed by atoms with E-state index in [9.17, 15) is 9.90 Å². The first kappa shape index (κ1) is 17.0. The molecule has 128 valence electrons. The maximum atomic E-state index is 11.2. The van der Waals surface area contributed by atoms with Crippen molar-refractivity contribution in [2.45, 2.75) is 19.0 Å². The number of hydrogen-bond acceptors (Lipinski definition) is 5. The van der Waals surface area contributed by atoms with Gasteiger partial charge in [0.15, 0.2) is 11.0 Å². The van der Waals surface area contributed by atoms with Crippen molar-refractivity contribution in [2.24, 2.45) is 5.73 Å². The first-order chi connectivity index (χ1) is 12.0. The summed E-state index contributed by atoms with van der Waals surface area (Å²) in [7, 11) is 0. The second kappa shape index (κ2) is 6.98. The second-order valence-corrected chi connectivity index (χ2v) is 6.65. The van der Waals surface area contributed by atoms with Crippen LogP contribution in [0.5, 0.6) is 5.75 Å². The normalized spacial score (nSPS) is 10.8. The number of hydrogen-bond donors (Lipinski definition) is 2. The van der Waals surface area contributed by atoms with Crippen molar-refractivity contribution in [3.8, 4) is 22.8 Å². The summed E-state index contributed by atoms with van der Waals surface area (Å²) in [6.07, 6.45) is 0. The van der Waals surface area contributed by atoms with Crippen molar-refractivity contribution in [3.05, 3.63) is 53.6 Å². The molecule has 3 N–H and O–H groups in total. The molecule has 0 unspecified atom stereocenters. The summed E-state index contributed by atoms with van der Waals surface area (Å²) in [4.78, 5) is 11.2. The van der Waals surface area contributed by atoms with Gasteiger partial charge in [0.1, 0.15) is 5.75 Å². The van der Waals surface area contributed by atoms with E-state index in [-0.39, 0.29) is 11.5 Å². The highest BCUT2D eigenvalue weighted by Crippen LogP contribution is 2.33. The van der Waals surface area contributed by atoms with Crippen molar-refractivity contribution in [2.75, 3.05) is 5.75 Å². The minimum atomic E-state index is -0.427. The van der Waals surface area contributed by atoms with E-state index in [2.05, 4.69) is 16.3 Å². The molecule has 7 heteroatoms. The Bertz CT molecular complexity index is 937. The van der Waals surface area contributed by atoms with Gasteiger partial charge in [0.25, 0.3) is 0 Å². The van der Waals surface area contributed by atoms with Gasteiger partial charge in [-0.2, -0.15) is 0 Å². The summed E-state index contributed by atoms with van der Waals surface area (Å²) < 4.78 is 1.84. The van der Waals surface area contributed by atoms with E-state index >= 15 is 0 Å². The Morgan fingerprint density at radius 3 is 2.64 bits per heavy atom. The van der Waals surface area contributed by atoms with Gasteiger partial charge in [-0.1, -0.05) is 41.6 Å². The molecule has 0 atom stereocenters. The number of carbonyl (C=O) groups excluding carboxylic acids is 1. The van der Waals surface area contributed by atoms with Crippen LogP contribution in [0.3, 0.4) is 0 Å². The van der Waals surface area contributed by atoms with Crippen molar-refractivity contribution < 1.29 is 9.90 Å². The number of thioether (sulfide) groups is 1. The molecule has 0 aliphatic rings. The third-order valence-electron chi connectivity index (χ3n) is 3.72. The molecule has 1 aromatic heterocycles. The number of aromatic hydroxyl groups is 1. The predicted molar refractivity (Wildman–Crippen MR) is 97.9 cm³/mol. The molecule has 0 fully saturated rings. The number of phenols is 1.